The van der Waals surface area contributed by atoms with Crippen LogP contribution in [0.5, 0.6) is 5.75 Å². The average molecular weight is 586 g/mol. The van der Waals surface area contributed by atoms with E-state index < -0.39 is 0 Å². The Morgan fingerprint density at radius 3 is 2.30 bits per heavy atom. The minimum atomic E-state index is -0.309. The van der Waals surface area contributed by atoms with Gasteiger partial charge in [0.1, 0.15) is 5.75 Å². The molecule has 8 heteroatoms. The number of phenolic OH excluding ortho intramolecular Hbond substituents is 1. The monoisotopic (exact) mass is 585 g/mol. The van der Waals surface area contributed by atoms with Crippen molar-refractivity contribution >= 4 is 47.4 Å². The standard InChI is InChI=1S/C26H26ClN3O3S.3C2H6/c1-17(30(28-2)23-8-6-20(14-21(23)27)19-4-5-19)34-15-25(33)29-22-7-3-18(13-24(22)32)9-10-26(16-31)11-12-26;3*1-2/h3,6-8,13-14,19,31-32H,1-2,4-5,11-12,15-16H2,(H,29,33);3*1-2H3. The summed E-state index contributed by atoms with van der Waals surface area (Å²) in [5, 5.41) is 28.9. The summed E-state index contributed by atoms with van der Waals surface area (Å²) in [7, 11) is 0. The van der Waals surface area contributed by atoms with E-state index >= 15 is 0 Å². The number of hydrazone groups is 1. The lowest BCUT2D eigenvalue weighted by molar-refractivity contribution is -0.113. The summed E-state index contributed by atoms with van der Waals surface area (Å²) in [6.07, 6.45) is 4.15. The van der Waals surface area contributed by atoms with Crippen molar-refractivity contribution in [3.05, 3.63) is 64.2 Å². The van der Waals surface area contributed by atoms with Crippen LogP contribution in [0.1, 0.15) is 84.3 Å². The molecule has 0 spiro atoms. The lowest BCUT2D eigenvalue weighted by Gasteiger charge is -2.21. The van der Waals surface area contributed by atoms with E-state index in [4.69, 9.17) is 11.6 Å². The maximum absolute atomic E-state index is 12.5. The van der Waals surface area contributed by atoms with Crippen molar-refractivity contribution in [1.82, 2.24) is 0 Å². The number of aromatic hydroxyl groups is 1. The van der Waals surface area contributed by atoms with E-state index in [0.29, 0.717) is 32.9 Å². The molecule has 2 aromatic rings. The van der Waals surface area contributed by atoms with E-state index in [2.05, 4.69) is 35.6 Å². The number of hydrogen-bond acceptors (Lipinski definition) is 6. The van der Waals surface area contributed by atoms with E-state index in [9.17, 15) is 15.0 Å². The van der Waals surface area contributed by atoms with Crippen LogP contribution in [0.2, 0.25) is 5.02 Å². The summed E-state index contributed by atoms with van der Waals surface area (Å²) in [5.41, 5.74) is 2.49. The van der Waals surface area contributed by atoms with Crippen LogP contribution in [0, 0.1) is 17.3 Å². The van der Waals surface area contributed by atoms with Crippen molar-refractivity contribution in [2.75, 3.05) is 22.7 Å². The zero-order valence-corrected chi connectivity index (χ0v) is 26.3. The van der Waals surface area contributed by atoms with Gasteiger partial charge in [-0.15, -0.1) is 0 Å². The van der Waals surface area contributed by atoms with Gasteiger partial charge in [0.05, 0.1) is 39.2 Å². The highest BCUT2D eigenvalue weighted by atomic mass is 35.5. The fraction of sp³-hybridized carbons (Fsp3) is 0.438. The van der Waals surface area contributed by atoms with Crippen molar-refractivity contribution in [3.63, 3.8) is 0 Å². The van der Waals surface area contributed by atoms with Crippen LogP contribution in [0.4, 0.5) is 11.4 Å². The summed E-state index contributed by atoms with van der Waals surface area (Å²) in [4.78, 5) is 12.5. The molecule has 6 nitrogen and oxygen atoms in total. The molecule has 2 aliphatic rings. The number of carbonyl (C=O) groups excluding carboxylic acids is 1. The Bertz CT molecular complexity index is 1200. The molecule has 0 bridgehead atoms. The summed E-state index contributed by atoms with van der Waals surface area (Å²) in [6, 6.07) is 10.7. The van der Waals surface area contributed by atoms with E-state index in [1.54, 1.807) is 12.1 Å². The molecule has 0 atom stereocenters. The zero-order valence-electron chi connectivity index (χ0n) is 24.7. The fourth-order valence-corrected chi connectivity index (χ4v) is 4.36. The number of thioether (sulfide) groups is 1. The van der Waals surface area contributed by atoms with Gasteiger partial charge in [-0.25, -0.2) is 5.01 Å². The number of nitrogens with one attached hydrogen (secondary N) is 1. The van der Waals surface area contributed by atoms with Crippen LogP contribution < -0.4 is 10.3 Å². The van der Waals surface area contributed by atoms with Crippen LogP contribution in [-0.2, 0) is 4.79 Å². The van der Waals surface area contributed by atoms with E-state index in [0.717, 1.165) is 12.8 Å². The minimum Gasteiger partial charge on any atom is -0.506 e. The second-order valence-electron chi connectivity index (χ2n) is 8.59. The molecule has 0 unspecified atom stereocenters. The molecular formula is C32H44ClN3O3S. The summed E-state index contributed by atoms with van der Waals surface area (Å²) >= 11 is 7.66. The molecular weight excluding hydrogens is 542 g/mol. The molecule has 3 N–H and O–H groups in total. The van der Waals surface area contributed by atoms with Gasteiger partial charge in [-0.3, -0.25) is 4.79 Å². The molecule has 0 aliphatic heterocycles. The molecule has 4 rings (SSSR count). The van der Waals surface area contributed by atoms with E-state index in [-0.39, 0.29) is 29.4 Å². The number of benzene rings is 2. The zero-order chi connectivity index (χ0) is 30.3. The first kappa shape index (κ1) is 35.1. The SMILES string of the molecule is C=NN(C(=C)SCC(=O)Nc1ccc(C#CC2(CO)CC2)cc1O)c1ccc(C2CC2)cc1Cl.CC.CC.CC. The van der Waals surface area contributed by atoms with E-state index in [1.165, 1.54) is 41.2 Å². The third-order valence-corrected chi connectivity index (χ3v) is 7.11. The molecule has 2 fully saturated rings. The summed E-state index contributed by atoms with van der Waals surface area (Å²) in [6.45, 7) is 19.7. The maximum Gasteiger partial charge on any atom is 0.234 e. The van der Waals surface area contributed by atoms with Gasteiger partial charge in [-0.1, -0.05) is 89.4 Å². The van der Waals surface area contributed by atoms with Crippen LogP contribution >= 0.6 is 23.4 Å². The fourth-order valence-electron chi connectivity index (χ4n) is 3.44. The second kappa shape index (κ2) is 17.7. The van der Waals surface area contributed by atoms with Crippen molar-refractivity contribution < 1.29 is 15.0 Å². The number of amides is 1. The van der Waals surface area contributed by atoms with E-state index in [1.807, 2.05) is 59.7 Å². The molecule has 0 aromatic heterocycles. The van der Waals surface area contributed by atoms with Gasteiger partial charge in [0.25, 0.3) is 0 Å². The Hall–Kier alpha value is -2.92. The summed E-state index contributed by atoms with van der Waals surface area (Å²) in [5.74, 6) is 6.31. The van der Waals surface area contributed by atoms with Crippen molar-refractivity contribution in [1.29, 1.82) is 0 Å². The Kier molecular flexibility index (Phi) is 15.5. The Morgan fingerprint density at radius 1 is 1.15 bits per heavy atom. The number of aliphatic hydroxyl groups is 1. The molecule has 40 heavy (non-hydrogen) atoms. The lowest BCUT2D eigenvalue weighted by Crippen LogP contribution is -2.18. The second-order valence-corrected chi connectivity index (χ2v) is 10.0. The van der Waals surface area contributed by atoms with Crippen molar-refractivity contribution in [2.24, 2.45) is 10.5 Å². The van der Waals surface area contributed by atoms with Crippen molar-refractivity contribution in [3.8, 4) is 17.6 Å². The Labute approximate surface area is 249 Å². The molecule has 2 aliphatic carbocycles. The number of hydrogen-bond donors (Lipinski definition) is 3. The predicted octanol–water partition coefficient (Wildman–Crippen LogP) is 8.39. The third-order valence-electron chi connectivity index (χ3n) is 5.90. The Balaban J connectivity index is 0.00000125. The number of nitrogens with zero attached hydrogens (tertiary/aromatic N) is 2. The van der Waals surface area contributed by atoms with Crippen LogP contribution in [0.3, 0.4) is 0 Å². The van der Waals surface area contributed by atoms with Gasteiger partial charge in [-0.2, -0.15) is 5.10 Å². The molecule has 0 saturated heterocycles. The van der Waals surface area contributed by atoms with Crippen LogP contribution in [-0.4, -0.2) is 35.2 Å². The van der Waals surface area contributed by atoms with Crippen molar-refractivity contribution in [2.45, 2.75) is 73.1 Å². The summed E-state index contributed by atoms with van der Waals surface area (Å²) < 4.78 is 0. The van der Waals surface area contributed by atoms with Crippen LogP contribution in [0.25, 0.3) is 0 Å². The highest BCUT2D eigenvalue weighted by Gasteiger charge is 2.40. The van der Waals surface area contributed by atoms with Gasteiger partial charge >= 0.3 is 0 Å². The number of phenols is 1. The first-order chi connectivity index (χ1) is 19.3. The van der Waals surface area contributed by atoms with Gasteiger partial charge in [0.15, 0.2) is 0 Å². The van der Waals surface area contributed by atoms with Gasteiger partial charge < -0.3 is 15.5 Å². The maximum atomic E-state index is 12.5. The number of halogens is 1. The number of aliphatic hydroxyl groups excluding tert-OH is 1. The number of rotatable bonds is 9. The normalized spacial score (nSPS) is 13.7. The minimum absolute atomic E-state index is 0.0415. The number of carbonyl (C=O) groups is 1. The van der Waals surface area contributed by atoms with Gasteiger partial charge in [-0.05, 0) is 67.5 Å². The quantitative estimate of drug-likeness (QED) is 0.119. The smallest absolute Gasteiger partial charge is 0.234 e. The highest BCUT2D eigenvalue weighted by molar-refractivity contribution is 8.03. The highest BCUT2D eigenvalue weighted by Crippen LogP contribution is 2.44. The topological polar surface area (TPSA) is 85.2 Å². The molecule has 2 aromatic carbocycles. The van der Waals surface area contributed by atoms with Gasteiger partial charge in [0.2, 0.25) is 5.91 Å². The van der Waals surface area contributed by atoms with Crippen LogP contribution in [0.15, 0.2) is 53.1 Å². The van der Waals surface area contributed by atoms with Gasteiger partial charge in [0, 0.05) is 12.3 Å². The average Bonchev–Trinajstić information content (AvgIpc) is 3.92. The molecule has 0 radical (unpaired) electrons. The first-order valence-electron chi connectivity index (χ1n) is 14.0. The number of anilines is 2. The largest absolute Gasteiger partial charge is 0.506 e. The molecule has 1 amide bonds. The molecule has 218 valence electrons. The first-order valence-corrected chi connectivity index (χ1v) is 15.4. The molecule has 2 saturated carbocycles. The predicted molar refractivity (Wildman–Crippen MR) is 173 cm³/mol. The molecule has 0 heterocycles. The Morgan fingerprint density at radius 2 is 1.80 bits per heavy atom. The lowest BCUT2D eigenvalue weighted by atomic mass is 10.1. The third kappa shape index (κ3) is 10.2.